The molecule has 8 nitrogen and oxygen atoms in total. The Kier molecular flexibility index (Phi) is 5.42. The third-order valence-electron chi connectivity index (χ3n) is 3.57. The molecule has 0 spiro atoms. The number of hydrogen-bond acceptors (Lipinski definition) is 5. The van der Waals surface area contributed by atoms with Crippen molar-refractivity contribution in [3.05, 3.63) is 57.9 Å². The molecule has 122 valence electrons. The van der Waals surface area contributed by atoms with E-state index in [1.807, 2.05) is 30.3 Å². The Balaban J connectivity index is 2.30. The summed E-state index contributed by atoms with van der Waals surface area (Å²) in [6.07, 6.45) is 1.39. The van der Waals surface area contributed by atoms with Gasteiger partial charge in [-0.1, -0.05) is 30.3 Å². The van der Waals surface area contributed by atoms with Crippen molar-refractivity contribution in [1.82, 2.24) is 15.1 Å². The molecular weight excluding hydrogens is 300 g/mol. The second kappa shape index (κ2) is 7.50. The average molecular weight is 318 g/mol. The van der Waals surface area contributed by atoms with Crippen molar-refractivity contribution in [2.45, 2.75) is 25.9 Å². The summed E-state index contributed by atoms with van der Waals surface area (Å²) in [6, 6.07) is 9.03. The largest absolute Gasteiger partial charge is 0.396 e. The van der Waals surface area contributed by atoms with E-state index in [1.165, 1.54) is 4.90 Å². The minimum absolute atomic E-state index is 0.0786. The molecular formula is C15H18N4O4. The van der Waals surface area contributed by atoms with Crippen molar-refractivity contribution in [2.24, 2.45) is 0 Å². The van der Waals surface area contributed by atoms with Gasteiger partial charge in [0.05, 0.1) is 4.92 Å². The van der Waals surface area contributed by atoms with E-state index >= 15 is 0 Å². The van der Waals surface area contributed by atoms with Gasteiger partial charge in [-0.15, -0.1) is 0 Å². The highest BCUT2D eigenvalue weighted by molar-refractivity contribution is 5.96. The van der Waals surface area contributed by atoms with Gasteiger partial charge in [0.2, 0.25) is 5.69 Å². The summed E-state index contributed by atoms with van der Waals surface area (Å²) >= 11 is 0. The molecule has 0 fully saturated rings. The van der Waals surface area contributed by atoms with Crippen LogP contribution in [0.3, 0.4) is 0 Å². The van der Waals surface area contributed by atoms with Crippen molar-refractivity contribution >= 4 is 11.6 Å². The van der Waals surface area contributed by atoms with Crippen molar-refractivity contribution in [1.29, 1.82) is 0 Å². The van der Waals surface area contributed by atoms with Crippen LogP contribution in [0.15, 0.2) is 36.5 Å². The number of benzene rings is 1. The van der Waals surface area contributed by atoms with Crippen LogP contribution in [0.4, 0.5) is 5.69 Å². The summed E-state index contributed by atoms with van der Waals surface area (Å²) in [5.41, 5.74) is 0.382. The second-order valence-corrected chi connectivity index (χ2v) is 5.17. The van der Waals surface area contributed by atoms with Gasteiger partial charge in [-0.25, -0.2) is 0 Å². The number of hydrogen-bond donors (Lipinski definition) is 2. The van der Waals surface area contributed by atoms with Crippen LogP contribution in [0.2, 0.25) is 0 Å². The molecule has 1 unspecified atom stereocenters. The van der Waals surface area contributed by atoms with E-state index < -0.39 is 10.8 Å². The van der Waals surface area contributed by atoms with Gasteiger partial charge in [-0.2, -0.15) is 5.10 Å². The number of aliphatic hydroxyl groups excluding tert-OH is 1. The van der Waals surface area contributed by atoms with E-state index in [9.17, 15) is 14.9 Å². The van der Waals surface area contributed by atoms with Gasteiger partial charge in [0.25, 0.3) is 5.91 Å². The summed E-state index contributed by atoms with van der Waals surface area (Å²) in [6.45, 7) is 2.00. The molecule has 2 rings (SSSR count). The maximum atomic E-state index is 12.7. The number of aromatic nitrogens is 2. The lowest BCUT2D eigenvalue weighted by Crippen LogP contribution is -2.39. The third kappa shape index (κ3) is 3.92. The van der Waals surface area contributed by atoms with Crippen LogP contribution in [0.1, 0.15) is 29.4 Å². The number of nitrogens with one attached hydrogen (secondary N) is 1. The molecule has 23 heavy (non-hydrogen) atoms. The predicted octanol–water partition coefficient (Wildman–Crippen LogP) is 1.73. The first-order valence-corrected chi connectivity index (χ1v) is 7.18. The monoisotopic (exact) mass is 318 g/mol. The van der Waals surface area contributed by atoms with Crippen LogP contribution in [0.5, 0.6) is 0 Å². The molecule has 0 aliphatic rings. The van der Waals surface area contributed by atoms with Crippen molar-refractivity contribution in [3.63, 3.8) is 0 Å². The first kappa shape index (κ1) is 16.6. The number of H-pyrrole nitrogens is 1. The first-order chi connectivity index (χ1) is 11.0. The number of nitrogens with zero attached hydrogens (tertiary/aromatic N) is 3. The molecule has 2 aromatic rings. The summed E-state index contributed by atoms with van der Waals surface area (Å²) in [5.74, 6) is -0.515. The quantitative estimate of drug-likeness (QED) is 0.596. The van der Waals surface area contributed by atoms with Crippen LogP contribution in [-0.4, -0.2) is 43.7 Å². The Morgan fingerprint density at radius 3 is 2.74 bits per heavy atom. The zero-order valence-corrected chi connectivity index (χ0v) is 12.7. The molecule has 0 radical (unpaired) electrons. The maximum Gasteiger partial charge on any atom is 0.319 e. The predicted molar refractivity (Wildman–Crippen MR) is 82.7 cm³/mol. The number of rotatable bonds is 7. The van der Waals surface area contributed by atoms with Gasteiger partial charge in [0, 0.05) is 19.2 Å². The smallest absolute Gasteiger partial charge is 0.319 e. The highest BCUT2D eigenvalue weighted by Crippen LogP contribution is 2.20. The van der Waals surface area contributed by atoms with Crippen LogP contribution < -0.4 is 0 Å². The molecule has 0 saturated carbocycles. The maximum absolute atomic E-state index is 12.7. The fourth-order valence-corrected chi connectivity index (χ4v) is 2.27. The molecule has 0 aliphatic heterocycles. The van der Waals surface area contributed by atoms with Gasteiger partial charge in [-0.05, 0) is 18.9 Å². The molecule has 1 aromatic carbocycles. The lowest BCUT2D eigenvalue weighted by atomic mass is 10.1. The summed E-state index contributed by atoms with van der Waals surface area (Å²) < 4.78 is 0. The fraction of sp³-hybridized carbons (Fsp3) is 0.333. The first-order valence-electron chi connectivity index (χ1n) is 7.18. The molecule has 1 atom stereocenters. The fourth-order valence-electron chi connectivity index (χ4n) is 2.27. The number of carbonyl (C=O) groups is 1. The number of aromatic amines is 1. The van der Waals surface area contributed by atoms with Crippen LogP contribution in [0, 0.1) is 10.1 Å². The molecule has 0 bridgehead atoms. The van der Waals surface area contributed by atoms with E-state index in [2.05, 4.69) is 10.2 Å². The van der Waals surface area contributed by atoms with Crippen molar-refractivity contribution in [3.8, 4) is 0 Å². The lowest BCUT2D eigenvalue weighted by molar-refractivity contribution is -0.385. The molecule has 1 aromatic heterocycles. The summed E-state index contributed by atoms with van der Waals surface area (Å²) in [5, 5.41) is 26.1. The normalized spacial score (nSPS) is 11.9. The molecule has 2 N–H and O–H groups in total. The number of nitro groups is 1. The molecule has 0 saturated heterocycles. The summed E-state index contributed by atoms with van der Waals surface area (Å²) in [4.78, 5) is 24.6. The van der Waals surface area contributed by atoms with Gasteiger partial charge < -0.3 is 10.0 Å². The number of amides is 1. The van der Waals surface area contributed by atoms with Crippen LogP contribution >= 0.6 is 0 Å². The van der Waals surface area contributed by atoms with E-state index in [0.717, 1.165) is 11.8 Å². The Bertz CT molecular complexity index is 671. The molecule has 0 aliphatic carbocycles. The molecule has 1 amide bonds. The topological polar surface area (TPSA) is 112 Å². The molecule has 1 heterocycles. The third-order valence-corrected chi connectivity index (χ3v) is 3.57. The minimum Gasteiger partial charge on any atom is -0.396 e. The van der Waals surface area contributed by atoms with Crippen LogP contribution in [-0.2, 0) is 6.54 Å². The Morgan fingerprint density at radius 2 is 2.13 bits per heavy atom. The highest BCUT2D eigenvalue weighted by Gasteiger charge is 2.29. The Labute approximate surface area is 132 Å². The SMILES string of the molecule is CC(CCO)N(Cc1ccccc1)C(=O)c1[nH]ncc1[N+](=O)[O-]. The standard InChI is InChI=1S/C15H18N4O4/c1-11(7-8-20)18(10-12-5-3-2-4-6-12)15(21)14-13(19(22)23)9-16-17-14/h2-6,9,11,20H,7-8,10H2,1H3,(H,16,17). The number of carbonyl (C=O) groups excluding carboxylic acids is 1. The highest BCUT2D eigenvalue weighted by atomic mass is 16.6. The van der Waals surface area contributed by atoms with Gasteiger partial charge >= 0.3 is 5.69 Å². The van der Waals surface area contributed by atoms with Gasteiger partial charge in [0.1, 0.15) is 6.20 Å². The lowest BCUT2D eigenvalue weighted by Gasteiger charge is -2.28. The van der Waals surface area contributed by atoms with Crippen molar-refractivity contribution < 1.29 is 14.8 Å². The zero-order chi connectivity index (χ0) is 16.8. The van der Waals surface area contributed by atoms with Gasteiger partial charge in [0.15, 0.2) is 0 Å². The Hall–Kier alpha value is -2.74. The Morgan fingerprint density at radius 1 is 1.43 bits per heavy atom. The average Bonchev–Trinajstić information content (AvgIpc) is 3.03. The summed E-state index contributed by atoms with van der Waals surface area (Å²) in [7, 11) is 0. The van der Waals surface area contributed by atoms with E-state index in [1.54, 1.807) is 6.92 Å². The van der Waals surface area contributed by atoms with E-state index in [0.29, 0.717) is 6.42 Å². The van der Waals surface area contributed by atoms with Crippen molar-refractivity contribution in [2.75, 3.05) is 6.61 Å². The van der Waals surface area contributed by atoms with E-state index in [-0.39, 0.29) is 30.6 Å². The second-order valence-electron chi connectivity index (χ2n) is 5.17. The number of aliphatic hydroxyl groups is 1. The van der Waals surface area contributed by atoms with Gasteiger partial charge in [-0.3, -0.25) is 20.0 Å². The zero-order valence-electron chi connectivity index (χ0n) is 12.7. The van der Waals surface area contributed by atoms with Crippen LogP contribution in [0.25, 0.3) is 0 Å². The molecule has 8 heteroatoms. The van der Waals surface area contributed by atoms with E-state index in [4.69, 9.17) is 5.11 Å². The minimum atomic E-state index is -0.645.